The van der Waals surface area contributed by atoms with Gasteiger partial charge in [0, 0.05) is 32.2 Å². The minimum absolute atomic E-state index is 0. The van der Waals surface area contributed by atoms with Crippen LogP contribution in [0.25, 0.3) is 0 Å². The molecule has 3 fully saturated rings. The fourth-order valence-corrected chi connectivity index (χ4v) is 4.17. The predicted octanol–water partition coefficient (Wildman–Crippen LogP) is 3.18. The van der Waals surface area contributed by atoms with E-state index in [1.807, 2.05) is 0 Å². The highest BCUT2D eigenvalue weighted by molar-refractivity contribution is 14.0. The van der Waals surface area contributed by atoms with Crippen molar-refractivity contribution in [2.24, 2.45) is 16.8 Å². The molecule has 0 aromatic carbocycles. The van der Waals surface area contributed by atoms with Crippen LogP contribution in [0.5, 0.6) is 0 Å². The summed E-state index contributed by atoms with van der Waals surface area (Å²) in [5.74, 6) is 2.93. The molecule has 2 heterocycles. The van der Waals surface area contributed by atoms with Crippen LogP contribution in [0.1, 0.15) is 52.4 Å². The number of halogens is 1. The molecule has 2 aliphatic heterocycles. The van der Waals surface area contributed by atoms with Crippen molar-refractivity contribution < 1.29 is 0 Å². The van der Waals surface area contributed by atoms with E-state index in [1.54, 1.807) is 0 Å². The molecule has 3 rings (SSSR count). The first-order valence-corrected chi connectivity index (χ1v) is 9.58. The Bertz CT molecular complexity index is 381. The van der Waals surface area contributed by atoms with Crippen LogP contribution in [-0.4, -0.2) is 61.1 Å². The summed E-state index contributed by atoms with van der Waals surface area (Å²) >= 11 is 0. The van der Waals surface area contributed by atoms with E-state index in [-0.39, 0.29) is 24.0 Å². The van der Waals surface area contributed by atoms with Crippen molar-refractivity contribution in [2.75, 3.05) is 39.3 Å². The smallest absolute Gasteiger partial charge is 0.194 e. The van der Waals surface area contributed by atoms with E-state index in [4.69, 9.17) is 4.99 Å². The molecular weight excluding hydrogens is 399 g/mol. The summed E-state index contributed by atoms with van der Waals surface area (Å²) in [5.41, 5.74) is 0. The maximum Gasteiger partial charge on any atom is 0.194 e. The highest BCUT2D eigenvalue weighted by Crippen LogP contribution is 2.34. The zero-order valence-corrected chi connectivity index (χ0v) is 17.3. The second-order valence-corrected chi connectivity index (χ2v) is 7.44. The summed E-state index contributed by atoms with van der Waals surface area (Å²) in [6.45, 7) is 11.7. The second kappa shape index (κ2) is 9.44. The van der Waals surface area contributed by atoms with E-state index in [9.17, 15) is 0 Å². The molecule has 0 aromatic rings. The lowest BCUT2D eigenvalue weighted by molar-refractivity contribution is 0.281. The van der Waals surface area contributed by atoms with Crippen LogP contribution < -0.4 is 5.32 Å². The molecule has 3 unspecified atom stereocenters. The van der Waals surface area contributed by atoms with E-state index in [0.29, 0.717) is 6.04 Å². The van der Waals surface area contributed by atoms with Gasteiger partial charge in [-0.1, -0.05) is 13.3 Å². The Labute approximate surface area is 159 Å². The van der Waals surface area contributed by atoms with Gasteiger partial charge in [0.25, 0.3) is 0 Å². The summed E-state index contributed by atoms with van der Waals surface area (Å²) in [4.78, 5) is 9.95. The number of nitrogens with zero attached hydrogens (tertiary/aromatic N) is 3. The van der Waals surface area contributed by atoms with Crippen molar-refractivity contribution in [3.8, 4) is 0 Å². The molecule has 134 valence electrons. The van der Waals surface area contributed by atoms with Crippen molar-refractivity contribution in [3.05, 3.63) is 0 Å². The van der Waals surface area contributed by atoms with Gasteiger partial charge in [-0.2, -0.15) is 0 Å². The Kier molecular flexibility index (Phi) is 7.92. The van der Waals surface area contributed by atoms with Gasteiger partial charge >= 0.3 is 0 Å². The minimum atomic E-state index is 0. The Morgan fingerprint density at radius 1 is 1.17 bits per heavy atom. The van der Waals surface area contributed by atoms with Gasteiger partial charge in [-0.3, -0.25) is 4.99 Å². The van der Waals surface area contributed by atoms with E-state index in [1.165, 1.54) is 77.2 Å². The summed E-state index contributed by atoms with van der Waals surface area (Å²) in [6, 6.07) is 0.697. The number of aliphatic imine (C=N–C) groups is 1. The van der Waals surface area contributed by atoms with Crippen LogP contribution in [0, 0.1) is 11.8 Å². The number of hydrogen-bond donors (Lipinski definition) is 1. The predicted molar refractivity (Wildman–Crippen MR) is 109 cm³/mol. The molecule has 3 aliphatic rings. The van der Waals surface area contributed by atoms with Crippen molar-refractivity contribution in [1.29, 1.82) is 0 Å². The van der Waals surface area contributed by atoms with E-state index >= 15 is 0 Å². The normalized spacial score (nSPS) is 31.3. The van der Waals surface area contributed by atoms with Gasteiger partial charge in [0.05, 0.1) is 0 Å². The zero-order valence-electron chi connectivity index (χ0n) is 15.0. The largest absolute Gasteiger partial charge is 0.353 e. The minimum Gasteiger partial charge on any atom is -0.353 e. The molecule has 3 atom stereocenters. The lowest BCUT2D eigenvalue weighted by atomic mass is 10.1. The maximum atomic E-state index is 4.77. The first-order valence-electron chi connectivity index (χ1n) is 9.58. The van der Waals surface area contributed by atoms with Gasteiger partial charge in [0.15, 0.2) is 5.96 Å². The molecule has 0 radical (unpaired) electrons. The Hall–Kier alpha value is -0.0400. The van der Waals surface area contributed by atoms with Gasteiger partial charge in [0.1, 0.15) is 0 Å². The van der Waals surface area contributed by atoms with Gasteiger partial charge in [0.2, 0.25) is 0 Å². The molecule has 23 heavy (non-hydrogen) atoms. The summed E-state index contributed by atoms with van der Waals surface area (Å²) in [6.07, 6.45) is 8.17. The van der Waals surface area contributed by atoms with Crippen molar-refractivity contribution in [1.82, 2.24) is 15.1 Å². The molecule has 0 aromatic heterocycles. The van der Waals surface area contributed by atoms with E-state index < -0.39 is 0 Å². The molecule has 0 amide bonds. The molecule has 1 aliphatic carbocycles. The summed E-state index contributed by atoms with van der Waals surface area (Å²) in [5, 5.41) is 3.75. The first-order chi connectivity index (χ1) is 10.8. The lowest BCUT2D eigenvalue weighted by Gasteiger charge is -2.24. The number of nitrogens with one attached hydrogen (secondary N) is 1. The molecule has 1 saturated carbocycles. The SMILES string of the molecule is CCCC1CC1NC(=NCC)N1CCC(CN2CCCC2)C1.I. The highest BCUT2D eigenvalue weighted by Gasteiger charge is 2.38. The molecule has 5 heteroatoms. The standard InChI is InChI=1S/C18H34N4.HI/c1-3-7-16-12-17(16)20-18(19-4-2)22-11-8-15(14-22)13-21-9-5-6-10-21;/h15-17H,3-14H2,1-2H3,(H,19,20);1H. The molecule has 1 N–H and O–H groups in total. The Morgan fingerprint density at radius 3 is 2.65 bits per heavy atom. The first kappa shape index (κ1) is 19.3. The van der Waals surface area contributed by atoms with Crippen LogP contribution >= 0.6 is 24.0 Å². The third-order valence-electron chi connectivity index (χ3n) is 5.50. The zero-order chi connectivity index (χ0) is 15.4. The quantitative estimate of drug-likeness (QED) is 0.396. The van der Waals surface area contributed by atoms with Crippen LogP contribution in [0.15, 0.2) is 4.99 Å². The van der Waals surface area contributed by atoms with Gasteiger partial charge < -0.3 is 15.1 Å². The summed E-state index contributed by atoms with van der Waals surface area (Å²) < 4.78 is 0. The van der Waals surface area contributed by atoms with Crippen LogP contribution in [0.4, 0.5) is 0 Å². The second-order valence-electron chi connectivity index (χ2n) is 7.44. The molecule has 0 spiro atoms. The van der Waals surface area contributed by atoms with Gasteiger partial charge in [-0.25, -0.2) is 0 Å². The molecule has 4 nitrogen and oxygen atoms in total. The third-order valence-corrected chi connectivity index (χ3v) is 5.50. The molecular formula is C18H35IN4. The number of guanidine groups is 1. The van der Waals surface area contributed by atoms with E-state index in [2.05, 4.69) is 29.0 Å². The average Bonchev–Trinajstić information content (AvgIpc) is 2.94. The molecule has 0 bridgehead atoms. The summed E-state index contributed by atoms with van der Waals surface area (Å²) in [7, 11) is 0. The van der Waals surface area contributed by atoms with Crippen LogP contribution in [0.3, 0.4) is 0 Å². The molecule has 2 saturated heterocycles. The van der Waals surface area contributed by atoms with Crippen molar-refractivity contribution in [3.63, 3.8) is 0 Å². The van der Waals surface area contributed by atoms with Crippen LogP contribution in [0.2, 0.25) is 0 Å². The lowest BCUT2D eigenvalue weighted by Crippen LogP contribution is -2.42. The third kappa shape index (κ3) is 5.48. The van der Waals surface area contributed by atoms with Crippen molar-refractivity contribution in [2.45, 2.75) is 58.4 Å². The van der Waals surface area contributed by atoms with Gasteiger partial charge in [-0.05, 0) is 64.0 Å². The number of rotatable bonds is 6. The topological polar surface area (TPSA) is 30.9 Å². The fraction of sp³-hybridized carbons (Fsp3) is 0.944. The van der Waals surface area contributed by atoms with E-state index in [0.717, 1.165) is 18.4 Å². The fourth-order valence-electron chi connectivity index (χ4n) is 4.17. The Balaban J connectivity index is 0.00000192. The average molecular weight is 434 g/mol. The monoisotopic (exact) mass is 434 g/mol. The highest BCUT2D eigenvalue weighted by atomic mass is 127. The Morgan fingerprint density at radius 2 is 1.96 bits per heavy atom. The number of hydrogen-bond acceptors (Lipinski definition) is 2. The van der Waals surface area contributed by atoms with Gasteiger partial charge in [-0.15, -0.1) is 24.0 Å². The maximum absolute atomic E-state index is 4.77. The van der Waals surface area contributed by atoms with Crippen LogP contribution in [-0.2, 0) is 0 Å². The van der Waals surface area contributed by atoms with Crippen molar-refractivity contribution >= 4 is 29.9 Å². The number of likely N-dealkylation sites (tertiary alicyclic amines) is 2.